The van der Waals surface area contributed by atoms with Crippen LogP contribution in [0, 0.1) is 5.53 Å². The Hall–Kier alpha value is -2.79. The summed E-state index contributed by atoms with van der Waals surface area (Å²) in [7, 11) is -9.65. The molecule has 128 valence electrons. The number of nitrogens with zero attached hydrogens (tertiary/aromatic N) is 2. The molecule has 0 amide bonds. The minimum Gasteiger partial charge on any atom is -0.361 e. The van der Waals surface area contributed by atoms with Crippen molar-refractivity contribution < 1.29 is 28.8 Å². The molecule has 0 radical (unpaired) electrons. The molecule has 2 aromatic carbocycles. The number of hydrogen-bond acceptors (Lipinski definition) is 8. The molecular weight excluding hydrogens is 362 g/mol. The fraction of sp³-hybridized carbons (Fsp3) is 0. The highest BCUT2D eigenvalue weighted by atomic mass is 32.3. The van der Waals surface area contributed by atoms with Crippen LogP contribution in [0.15, 0.2) is 60.7 Å². The van der Waals surface area contributed by atoms with E-state index in [0.29, 0.717) is 0 Å². The van der Waals surface area contributed by atoms with Crippen LogP contribution < -0.4 is 8.37 Å². The number of benzene rings is 2. The summed E-state index contributed by atoms with van der Waals surface area (Å²) in [6.07, 6.45) is 0. The predicted octanol–water partition coefficient (Wildman–Crippen LogP) is 2.53. The summed E-state index contributed by atoms with van der Waals surface area (Å²) in [5.74, 6) is -0.181. The zero-order chi connectivity index (χ0) is 18.1. The van der Waals surface area contributed by atoms with E-state index in [2.05, 4.69) is 12.0 Å². The zero-order valence-corrected chi connectivity index (χ0v) is 13.5. The van der Waals surface area contributed by atoms with Crippen molar-refractivity contribution in [1.82, 2.24) is 0 Å². The second-order valence-corrected chi connectivity index (χ2v) is 6.29. The summed E-state index contributed by atoms with van der Waals surface area (Å²) in [5, 5.41) is 0. The van der Waals surface area contributed by atoms with Crippen LogP contribution >= 0.6 is 0 Å². The molecule has 2 rings (SSSR count). The third-order valence-corrected chi connectivity index (χ3v) is 4.18. The van der Waals surface area contributed by atoms with Crippen molar-refractivity contribution in [3.63, 3.8) is 0 Å². The van der Waals surface area contributed by atoms with Crippen LogP contribution in [0.25, 0.3) is 10.4 Å². The van der Waals surface area contributed by atoms with E-state index in [1.807, 2.05) is 0 Å². The van der Waals surface area contributed by atoms with Gasteiger partial charge in [0.05, 0.1) is 0 Å². The van der Waals surface area contributed by atoms with Gasteiger partial charge < -0.3 is 8.37 Å². The molecule has 0 aliphatic rings. The molecule has 10 nitrogen and oxygen atoms in total. The normalized spacial score (nSPS) is 10.7. The van der Waals surface area contributed by atoms with Crippen molar-refractivity contribution in [2.24, 2.45) is 0 Å². The Labute approximate surface area is 138 Å². The minimum atomic E-state index is -4.83. The zero-order valence-electron chi connectivity index (χ0n) is 11.8. The van der Waals surface area contributed by atoms with Crippen molar-refractivity contribution in [1.29, 1.82) is 5.53 Å². The molecule has 0 heterocycles. The van der Waals surface area contributed by atoms with Gasteiger partial charge in [-0.25, -0.2) is 0 Å². The molecule has 0 atom stereocenters. The monoisotopic (exact) mass is 373 g/mol. The molecular formula is C12H11N3O7S2. The quantitative estimate of drug-likeness (QED) is 0.463. The summed E-state index contributed by atoms with van der Waals surface area (Å²) in [4.78, 5) is 1.75. The maximum Gasteiger partial charge on any atom is 0.466 e. The van der Waals surface area contributed by atoms with Crippen LogP contribution in [0.4, 0.5) is 0 Å². The van der Waals surface area contributed by atoms with Gasteiger partial charge in [-0.15, -0.1) is 5.53 Å². The smallest absolute Gasteiger partial charge is 0.361 e. The van der Waals surface area contributed by atoms with Gasteiger partial charge in [0.25, 0.3) is 0 Å². The van der Waals surface area contributed by atoms with Gasteiger partial charge >= 0.3 is 20.8 Å². The number of para-hydroxylation sites is 2. The lowest BCUT2D eigenvalue weighted by Crippen LogP contribution is -2.22. The maximum absolute atomic E-state index is 11.5. The molecule has 0 fully saturated rings. The van der Waals surface area contributed by atoms with Gasteiger partial charge in [0.2, 0.25) is 0 Å². The summed E-state index contributed by atoms with van der Waals surface area (Å²) in [5.41, 5.74) is 12.2. The van der Waals surface area contributed by atoms with E-state index in [-0.39, 0.29) is 11.5 Å². The molecule has 0 aliphatic heterocycles. The van der Waals surface area contributed by atoms with E-state index in [9.17, 15) is 16.8 Å². The first-order valence-electron chi connectivity index (χ1n) is 5.99. The van der Waals surface area contributed by atoms with E-state index >= 15 is 0 Å². The van der Waals surface area contributed by atoms with Gasteiger partial charge in [0.1, 0.15) is 11.5 Å². The second kappa shape index (κ2) is 8.74. The van der Waals surface area contributed by atoms with E-state index in [1.54, 1.807) is 17.0 Å². The van der Waals surface area contributed by atoms with Gasteiger partial charge in [-0.1, -0.05) is 40.0 Å². The first-order valence-corrected chi connectivity index (χ1v) is 8.65. The highest BCUT2D eigenvalue weighted by Gasteiger charge is 2.27. The molecule has 0 unspecified atom stereocenters. The fourth-order valence-corrected chi connectivity index (χ4v) is 3.05. The van der Waals surface area contributed by atoms with Gasteiger partial charge in [0.15, 0.2) is 0 Å². The van der Waals surface area contributed by atoms with Crippen molar-refractivity contribution in [3.8, 4) is 11.5 Å². The minimum absolute atomic E-state index is 0.0904. The summed E-state index contributed by atoms with van der Waals surface area (Å²) >= 11 is 0. The Kier molecular flexibility index (Phi) is 7.01. The highest BCUT2D eigenvalue weighted by molar-refractivity contribution is 7.95. The van der Waals surface area contributed by atoms with Crippen LogP contribution in [-0.2, 0) is 24.4 Å². The third kappa shape index (κ3) is 7.47. The first kappa shape index (κ1) is 19.3. The van der Waals surface area contributed by atoms with Crippen LogP contribution in [0.5, 0.6) is 11.5 Å². The van der Waals surface area contributed by atoms with Gasteiger partial charge in [-0.05, 0) is 34.7 Å². The summed E-state index contributed by atoms with van der Waals surface area (Å²) < 4.78 is 58.9. The van der Waals surface area contributed by atoms with Crippen molar-refractivity contribution in [2.45, 2.75) is 0 Å². The molecule has 0 bridgehead atoms. The topological polar surface area (TPSA) is 156 Å². The first-order chi connectivity index (χ1) is 11.3. The molecule has 24 heavy (non-hydrogen) atoms. The van der Waals surface area contributed by atoms with E-state index in [1.165, 1.54) is 48.5 Å². The average Bonchev–Trinajstić information content (AvgIpc) is 2.47. The van der Waals surface area contributed by atoms with E-state index in [4.69, 9.17) is 11.1 Å². The van der Waals surface area contributed by atoms with Crippen LogP contribution in [0.1, 0.15) is 0 Å². The molecule has 0 aliphatic carbocycles. The molecule has 12 heteroatoms. The Morgan fingerprint density at radius 1 is 0.750 bits per heavy atom. The van der Waals surface area contributed by atoms with Crippen molar-refractivity contribution >= 4 is 20.8 Å². The molecule has 1 N–H and O–H groups in total. The van der Waals surface area contributed by atoms with Crippen LogP contribution in [0.2, 0.25) is 0 Å². The lowest BCUT2D eigenvalue weighted by Gasteiger charge is -2.07. The van der Waals surface area contributed by atoms with Gasteiger partial charge in [-0.2, -0.15) is 16.8 Å². The standard InChI is InChI=1S/C12H10O7S2.HN3/c13-20(14,17-11-7-3-1-4-8-11)19-21(15,16)18-12-9-5-2-6-10-12;1-3-2/h1-10H;1H. The van der Waals surface area contributed by atoms with Gasteiger partial charge in [-0.3, -0.25) is 0 Å². The number of nitrogens with one attached hydrogen (secondary N) is 1. The second-order valence-electron chi connectivity index (χ2n) is 3.78. The molecule has 0 spiro atoms. The van der Waals surface area contributed by atoms with Crippen molar-refractivity contribution in [2.75, 3.05) is 0 Å². The van der Waals surface area contributed by atoms with E-state index in [0.717, 1.165) is 0 Å². The summed E-state index contributed by atoms with van der Waals surface area (Å²) in [6.45, 7) is 0. The Balaban J connectivity index is 0.000000891. The van der Waals surface area contributed by atoms with Crippen molar-refractivity contribution in [3.05, 3.63) is 71.1 Å². The number of rotatable bonds is 6. The highest BCUT2D eigenvalue weighted by Crippen LogP contribution is 2.17. The molecule has 0 saturated carbocycles. The molecule has 0 aromatic heterocycles. The Morgan fingerprint density at radius 3 is 1.33 bits per heavy atom. The van der Waals surface area contributed by atoms with E-state index < -0.39 is 20.8 Å². The Bertz CT molecular complexity index is 809. The van der Waals surface area contributed by atoms with Gasteiger partial charge in [0, 0.05) is 0 Å². The molecule has 0 saturated heterocycles. The van der Waals surface area contributed by atoms with Crippen LogP contribution in [-0.4, -0.2) is 16.8 Å². The lowest BCUT2D eigenvalue weighted by molar-refractivity contribution is 0.351. The Morgan fingerprint density at radius 2 is 1.04 bits per heavy atom. The van der Waals surface area contributed by atoms with Crippen LogP contribution in [0.3, 0.4) is 0 Å². The lowest BCUT2D eigenvalue weighted by atomic mass is 10.3. The number of hydrogen-bond donors (Lipinski definition) is 1. The predicted molar refractivity (Wildman–Crippen MR) is 82.5 cm³/mol. The average molecular weight is 373 g/mol. The largest absolute Gasteiger partial charge is 0.466 e. The SMILES string of the molecule is O=S(=O)(Oc1ccccc1)OS(=O)(=O)Oc1ccccc1.[N-]=[N+]=N. The summed E-state index contributed by atoms with van der Waals surface area (Å²) in [6, 6.07) is 14.6. The molecule has 2 aromatic rings. The third-order valence-electron chi connectivity index (χ3n) is 2.05. The maximum atomic E-state index is 11.5. The fourth-order valence-electron chi connectivity index (χ4n) is 1.32.